The highest BCUT2D eigenvalue weighted by Gasteiger charge is 2.25. The average Bonchev–Trinajstić information content (AvgIpc) is 2.79. The molecular formula is C15H25N3O2S. The van der Waals surface area contributed by atoms with E-state index in [0.717, 1.165) is 30.6 Å². The van der Waals surface area contributed by atoms with Crippen LogP contribution in [0, 0.1) is 26.7 Å². The van der Waals surface area contributed by atoms with Crippen LogP contribution >= 0.6 is 0 Å². The number of nitrogens with one attached hydrogen (secondary N) is 1. The zero-order valence-electron chi connectivity index (χ0n) is 13.2. The summed E-state index contributed by atoms with van der Waals surface area (Å²) in [6.07, 6.45) is 1.03. The molecule has 0 radical (unpaired) electrons. The second-order valence-electron chi connectivity index (χ2n) is 6.15. The van der Waals surface area contributed by atoms with Gasteiger partial charge in [-0.05, 0) is 63.4 Å². The summed E-state index contributed by atoms with van der Waals surface area (Å²) in [4.78, 5) is 2.55. The maximum absolute atomic E-state index is 12.6. The first kappa shape index (κ1) is 16.3. The van der Waals surface area contributed by atoms with Gasteiger partial charge in [-0.1, -0.05) is 6.07 Å². The molecule has 1 aromatic rings. The van der Waals surface area contributed by atoms with Crippen molar-refractivity contribution in [3.8, 4) is 0 Å². The van der Waals surface area contributed by atoms with E-state index in [-0.39, 0.29) is 0 Å². The molecule has 6 heteroatoms. The molecule has 0 amide bonds. The van der Waals surface area contributed by atoms with Gasteiger partial charge in [0.25, 0.3) is 0 Å². The summed E-state index contributed by atoms with van der Waals surface area (Å²) in [5.41, 5.74) is 8.85. The van der Waals surface area contributed by atoms with Crippen molar-refractivity contribution in [1.82, 2.24) is 9.62 Å². The molecule has 118 valence electrons. The molecule has 0 aliphatic carbocycles. The van der Waals surface area contributed by atoms with Crippen LogP contribution in [0.3, 0.4) is 0 Å². The van der Waals surface area contributed by atoms with Gasteiger partial charge in [-0.25, -0.2) is 13.1 Å². The maximum Gasteiger partial charge on any atom is 0.241 e. The summed E-state index contributed by atoms with van der Waals surface area (Å²) in [6.45, 7) is 7.94. The van der Waals surface area contributed by atoms with Gasteiger partial charge in [-0.15, -0.1) is 0 Å². The topological polar surface area (TPSA) is 75.4 Å². The van der Waals surface area contributed by atoms with E-state index in [1.807, 2.05) is 19.9 Å². The third kappa shape index (κ3) is 3.39. The highest BCUT2D eigenvalue weighted by atomic mass is 32.2. The van der Waals surface area contributed by atoms with E-state index in [1.54, 1.807) is 6.92 Å². The quantitative estimate of drug-likeness (QED) is 0.825. The Balaban J connectivity index is 2.22. The largest absolute Gasteiger partial charge is 0.398 e. The summed E-state index contributed by atoms with van der Waals surface area (Å²) in [5.74, 6) is 0.383. The van der Waals surface area contributed by atoms with Gasteiger partial charge < -0.3 is 10.6 Å². The second-order valence-corrected chi connectivity index (χ2v) is 7.85. The summed E-state index contributed by atoms with van der Waals surface area (Å²) >= 11 is 0. The molecule has 1 unspecified atom stereocenters. The molecular weight excluding hydrogens is 286 g/mol. The van der Waals surface area contributed by atoms with E-state index < -0.39 is 10.0 Å². The number of nitrogen functional groups attached to an aromatic ring is 1. The summed E-state index contributed by atoms with van der Waals surface area (Å²) in [7, 11) is -1.46. The normalized spacial score (nSPS) is 20.1. The van der Waals surface area contributed by atoms with Crippen LogP contribution in [0.1, 0.15) is 23.1 Å². The fraction of sp³-hybridized carbons (Fsp3) is 0.600. The minimum absolute atomic E-state index is 0.331. The first-order valence-electron chi connectivity index (χ1n) is 7.27. The van der Waals surface area contributed by atoms with Gasteiger partial charge in [0.05, 0.1) is 4.90 Å². The van der Waals surface area contributed by atoms with E-state index >= 15 is 0 Å². The van der Waals surface area contributed by atoms with Crippen LogP contribution in [-0.2, 0) is 10.0 Å². The molecule has 3 N–H and O–H groups in total. The predicted molar refractivity (Wildman–Crippen MR) is 85.9 cm³/mol. The smallest absolute Gasteiger partial charge is 0.241 e. The molecule has 21 heavy (non-hydrogen) atoms. The highest BCUT2D eigenvalue weighted by molar-refractivity contribution is 7.89. The number of hydrogen-bond acceptors (Lipinski definition) is 4. The van der Waals surface area contributed by atoms with Crippen molar-refractivity contribution in [3.05, 3.63) is 22.8 Å². The van der Waals surface area contributed by atoms with Crippen LogP contribution in [0.4, 0.5) is 5.69 Å². The Hall–Kier alpha value is -1.11. The standard InChI is InChI=1S/C15H25N3O2S/c1-10-7-11(2)15(12(3)14(10)16)21(19,20)17-8-13-5-6-18(4)9-13/h7,13,17H,5-6,8-9,16H2,1-4H3. The van der Waals surface area contributed by atoms with Crippen molar-refractivity contribution in [2.45, 2.75) is 32.1 Å². The molecule has 5 nitrogen and oxygen atoms in total. The molecule has 0 aromatic heterocycles. The van der Waals surface area contributed by atoms with Crippen molar-refractivity contribution in [3.63, 3.8) is 0 Å². The first-order valence-corrected chi connectivity index (χ1v) is 8.75. The lowest BCUT2D eigenvalue weighted by Crippen LogP contribution is -2.31. The number of benzene rings is 1. The van der Waals surface area contributed by atoms with Gasteiger partial charge in [0, 0.05) is 18.8 Å². The van der Waals surface area contributed by atoms with Crippen LogP contribution in [0.25, 0.3) is 0 Å². The lowest BCUT2D eigenvalue weighted by Gasteiger charge is -2.17. The summed E-state index contributed by atoms with van der Waals surface area (Å²) in [5, 5.41) is 0. The molecule has 0 bridgehead atoms. The second kappa shape index (κ2) is 5.94. The molecule has 1 aromatic carbocycles. The van der Waals surface area contributed by atoms with Gasteiger partial charge in [0.15, 0.2) is 0 Å². The van der Waals surface area contributed by atoms with Crippen molar-refractivity contribution in [2.75, 3.05) is 32.4 Å². The number of anilines is 1. The van der Waals surface area contributed by atoms with Crippen molar-refractivity contribution in [1.29, 1.82) is 0 Å². The first-order chi connectivity index (χ1) is 9.72. The lowest BCUT2D eigenvalue weighted by molar-refractivity contribution is 0.394. The Bertz CT molecular complexity index is 641. The Morgan fingerprint density at radius 1 is 1.33 bits per heavy atom. The van der Waals surface area contributed by atoms with Crippen molar-refractivity contribution in [2.24, 2.45) is 5.92 Å². The molecule has 1 aliphatic heterocycles. The third-order valence-electron chi connectivity index (χ3n) is 4.28. The van der Waals surface area contributed by atoms with Crippen LogP contribution < -0.4 is 10.5 Å². The highest BCUT2D eigenvalue weighted by Crippen LogP contribution is 2.28. The summed E-state index contributed by atoms with van der Waals surface area (Å²) < 4.78 is 27.9. The van der Waals surface area contributed by atoms with E-state index in [4.69, 9.17) is 5.73 Å². The van der Waals surface area contributed by atoms with Crippen LogP contribution in [0.5, 0.6) is 0 Å². The third-order valence-corrected chi connectivity index (χ3v) is 5.99. The molecule has 1 fully saturated rings. The monoisotopic (exact) mass is 311 g/mol. The predicted octanol–water partition coefficient (Wildman–Crippen LogP) is 1.42. The zero-order chi connectivity index (χ0) is 15.8. The molecule has 1 atom stereocenters. The summed E-state index contributed by atoms with van der Waals surface area (Å²) in [6, 6.07) is 1.83. The SMILES string of the molecule is Cc1cc(C)c(S(=O)(=O)NCC2CCN(C)C2)c(C)c1N. The number of rotatable bonds is 4. The lowest BCUT2D eigenvalue weighted by atomic mass is 10.1. The molecule has 2 rings (SSSR count). The number of nitrogens with zero attached hydrogens (tertiary/aromatic N) is 1. The van der Waals surface area contributed by atoms with Gasteiger partial charge in [-0.2, -0.15) is 0 Å². The number of nitrogens with two attached hydrogens (primary N) is 1. The van der Waals surface area contributed by atoms with Crippen LogP contribution in [-0.4, -0.2) is 40.0 Å². The Morgan fingerprint density at radius 2 is 2.00 bits per heavy atom. The van der Waals surface area contributed by atoms with Gasteiger partial charge in [-0.3, -0.25) is 0 Å². The van der Waals surface area contributed by atoms with Gasteiger partial charge in [0.1, 0.15) is 0 Å². The molecule has 1 saturated heterocycles. The fourth-order valence-corrected chi connectivity index (χ4v) is 4.68. The van der Waals surface area contributed by atoms with Crippen LogP contribution in [0.2, 0.25) is 0 Å². The Labute approximate surface area is 127 Å². The minimum atomic E-state index is -3.51. The average molecular weight is 311 g/mol. The fourth-order valence-electron chi connectivity index (χ4n) is 3.09. The van der Waals surface area contributed by atoms with Gasteiger partial charge in [0.2, 0.25) is 10.0 Å². The molecule has 0 spiro atoms. The van der Waals surface area contributed by atoms with E-state index in [9.17, 15) is 8.42 Å². The van der Waals surface area contributed by atoms with E-state index in [2.05, 4.69) is 16.7 Å². The van der Waals surface area contributed by atoms with Crippen molar-refractivity contribution >= 4 is 15.7 Å². The van der Waals surface area contributed by atoms with Gasteiger partial charge >= 0.3 is 0 Å². The van der Waals surface area contributed by atoms with E-state index in [0.29, 0.717) is 28.6 Å². The zero-order valence-corrected chi connectivity index (χ0v) is 14.0. The number of aryl methyl sites for hydroxylation is 2. The van der Waals surface area contributed by atoms with Crippen LogP contribution in [0.15, 0.2) is 11.0 Å². The van der Waals surface area contributed by atoms with E-state index in [1.165, 1.54) is 0 Å². The number of likely N-dealkylation sites (tertiary alicyclic amines) is 1. The maximum atomic E-state index is 12.6. The Morgan fingerprint density at radius 3 is 2.57 bits per heavy atom. The number of hydrogen-bond donors (Lipinski definition) is 2. The molecule has 0 saturated carbocycles. The minimum Gasteiger partial charge on any atom is -0.398 e. The Kier molecular flexibility index (Phi) is 4.60. The molecule has 1 aliphatic rings. The molecule has 1 heterocycles. The van der Waals surface area contributed by atoms with Crippen molar-refractivity contribution < 1.29 is 8.42 Å². The number of sulfonamides is 1.